The van der Waals surface area contributed by atoms with Gasteiger partial charge in [-0.2, -0.15) is 0 Å². The summed E-state index contributed by atoms with van der Waals surface area (Å²) in [7, 11) is -3.52. The average Bonchev–Trinajstić information content (AvgIpc) is 2.63. The van der Waals surface area contributed by atoms with Crippen LogP contribution in [0.3, 0.4) is 0 Å². The molecule has 0 aliphatic rings. The zero-order valence-electron chi connectivity index (χ0n) is 15.1. The monoisotopic (exact) mass is 366 g/mol. The molecule has 0 bridgehead atoms. The van der Waals surface area contributed by atoms with Crippen molar-refractivity contribution in [3.8, 4) is 11.5 Å². The molecule has 0 amide bonds. The van der Waals surface area contributed by atoms with Gasteiger partial charge < -0.3 is 4.74 Å². The molecule has 4 heteroatoms. The van der Waals surface area contributed by atoms with Gasteiger partial charge in [0.05, 0.1) is 9.79 Å². The van der Waals surface area contributed by atoms with E-state index >= 15 is 0 Å². The molecule has 0 aliphatic carbocycles. The van der Waals surface area contributed by atoms with E-state index in [1.165, 1.54) is 5.56 Å². The smallest absolute Gasteiger partial charge is 0.206 e. The third-order valence-electron chi connectivity index (χ3n) is 4.25. The topological polar surface area (TPSA) is 43.4 Å². The van der Waals surface area contributed by atoms with E-state index in [4.69, 9.17) is 4.74 Å². The molecule has 3 rings (SSSR count). The Morgan fingerprint density at radius 1 is 0.692 bits per heavy atom. The lowest BCUT2D eigenvalue weighted by Crippen LogP contribution is -2.01. The fourth-order valence-electron chi connectivity index (χ4n) is 2.60. The quantitative estimate of drug-likeness (QED) is 0.578. The highest BCUT2D eigenvalue weighted by molar-refractivity contribution is 7.91. The van der Waals surface area contributed by atoms with E-state index in [0.717, 1.165) is 11.3 Å². The van der Waals surface area contributed by atoms with E-state index < -0.39 is 9.84 Å². The molecule has 0 saturated heterocycles. The number of aryl methyl sites for hydroxylation is 1. The lowest BCUT2D eigenvalue weighted by Gasteiger charge is -2.10. The average molecular weight is 366 g/mol. The standard InChI is InChI=1S/C22H22O3S/c1-16(2)18-6-8-19(9-7-18)25-20-10-14-22(15-11-20)26(23,24)21-12-4-17(3)5-13-21/h4-16H,1-3H3. The summed E-state index contributed by atoms with van der Waals surface area (Å²) in [6.07, 6.45) is 0. The first kappa shape index (κ1) is 18.2. The Morgan fingerprint density at radius 2 is 1.12 bits per heavy atom. The SMILES string of the molecule is Cc1ccc(S(=O)(=O)c2ccc(Oc3ccc(C(C)C)cc3)cc2)cc1. The fourth-order valence-corrected chi connectivity index (χ4v) is 3.86. The number of rotatable bonds is 5. The molecule has 0 heterocycles. The minimum atomic E-state index is -3.52. The third kappa shape index (κ3) is 3.97. The maximum absolute atomic E-state index is 12.7. The highest BCUT2D eigenvalue weighted by Crippen LogP contribution is 2.27. The zero-order valence-corrected chi connectivity index (χ0v) is 16.0. The molecule has 0 unspecified atom stereocenters. The molecule has 0 N–H and O–H groups in total. The maximum atomic E-state index is 12.7. The van der Waals surface area contributed by atoms with Gasteiger partial charge in [0.15, 0.2) is 0 Å². The lowest BCUT2D eigenvalue weighted by molar-refractivity contribution is 0.482. The van der Waals surface area contributed by atoms with Crippen molar-refractivity contribution in [2.24, 2.45) is 0 Å². The van der Waals surface area contributed by atoms with Crippen LogP contribution >= 0.6 is 0 Å². The Hall–Kier alpha value is -2.59. The van der Waals surface area contributed by atoms with E-state index in [9.17, 15) is 8.42 Å². The Bertz CT molecular complexity index is 969. The largest absolute Gasteiger partial charge is 0.457 e. The highest BCUT2D eigenvalue weighted by Gasteiger charge is 2.17. The molecule has 0 aromatic heterocycles. The molecule has 0 saturated carbocycles. The first-order valence-corrected chi connectivity index (χ1v) is 10.0. The Morgan fingerprint density at radius 3 is 1.58 bits per heavy atom. The van der Waals surface area contributed by atoms with Crippen LogP contribution in [0.15, 0.2) is 82.6 Å². The van der Waals surface area contributed by atoms with Gasteiger partial charge in [-0.05, 0) is 66.9 Å². The van der Waals surface area contributed by atoms with Crippen LogP contribution in [0.1, 0.15) is 30.9 Å². The van der Waals surface area contributed by atoms with Crippen molar-refractivity contribution < 1.29 is 13.2 Å². The van der Waals surface area contributed by atoms with Crippen LogP contribution in [0.4, 0.5) is 0 Å². The molecule has 0 fully saturated rings. The van der Waals surface area contributed by atoms with E-state index in [1.807, 2.05) is 31.2 Å². The van der Waals surface area contributed by atoms with Gasteiger partial charge in [-0.1, -0.05) is 43.7 Å². The van der Waals surface area contributed by atoms with Crippen LogP contribution in [0, 0.1) is 6.92 Å². The van der Waals surface area contributed by atoms with Gasteiger partial charge in [-0.15, -0.1) is 0 Å². The molecule has 3 aromatic carbocycles. The molecule has 26 heavy (non-hydrogen) atoms. The van der Waals surface area contributed by atoms with Gasteiger partial charge in [0.1, 0.15) is 11.5 Å². The molecule has 3 aromatic rings. The number of benzene rings is 3. The summed E-state index contributed by atoms with van der Waals surface area (Å²) in [5.74, 6) is 1.80. The third-order valence-corrected chi connectivity index (χ3v) is 6.03. The van der Waals surface area contributed by atoms with Gasteiger partial charge in [-0.3, -0.25) is 0 Å². The summed E-state index contributed by atoms with van der Waals surface area (Å²) in [6, 6.07) is 21.3. The van der Waals surface area contributed by atoms with Crippen LogP contribution in [0.2, 0.25) is 0 Å². The van der Waals surface area contributed by atoms with Crippen LogP contribution in [-0.2, 0) is 9.84 Å². The van der Waals surface area contributed by atoms with E-state index in [0.29, 0.717) is 16.6 Å². The van der Waals surface area contributed by atoms with Crippen molar-refractivity contribution in [3.05, 3.63) is 83.9 Å². The van der Waals surface area contributed by atoms with Crippen molar-refractivity contribution in [3.63, 3.8) is 0 Å². The second-order valence-electron chi connectivity index (χ2n) is 6.61. The second-order valence-corrected chi connectivity index (χ2v) is 8.56. The summed E-state index contributed by atoms with van der Waals surface area (Å²) in [5, 5.41) is 0. The molecular formula is C22H22O3S. The predicted molar refractivity (Wildman–Crippen MR) is 104 cm³/mol. The molecular weight excluding hydrogens is 344 g/mol. The van der Waals surface area contributed by atoms with Crippen molar-refractivity contribution in [2.75, 3.05) is 0 Å². The Labute approximate surface area is 155 Å². The van der Waals surface area contributed by atoms with E-state index in [1.54, 1.807) is 48.5 Å². The summed E-state index contributed by atoms with van der Waals surface area (Å²) in [5.41, 5.74) is 2.27. The summed E-state index contributed by atoms with van der Waals surface area (Å²) < 4.78 is 31.2. The van der Waals surface area contributed by atoms with Crippen molar-refractivity contribution in [1.82, 2.24) is 0 Å². The molecule has 0 atom stereocenters. The molecule has 0 aliphatic heterocycles. The number of hydrogen-bond acceptors (Lipinski definition) is 3. The number of hydrogen-bond donors (Lipinski definition) is 0. The van der Waals surface area contributed by atoms with E-state index in [-0.39, 0.29) is 4.90 Å². The van der Waals surface area contributed by atoms with Crippen LogP contribution in [0.5, 0.6) is 11.5 Å². The minimum absolute atomic E-state index is 0.254. The maximum Gasteiger partial charge on any atom is 0.206 e. The molecule has 3 nitrogen and oxygen atoms in total. The van der Waals surface area contributed by atoms with Crippen LogP contribution in [0.25, 0.3) is 0 Å². The van der Waals surface area contributed by atoms with E-state index in [2.05, 4.69) is 13.8 Å². The molecule has 0 radical (unpaired) electrons. The normalized spacial score (nSPS) is 11.5. The van der Waals surface area contributed by atoms with Crippen molar-refractivity contribution in [1.29, 1.82) is 0 Å². The Balaban J connectivity index is 1.78. The van der Waals surface area contributed by atoms with Gasteiger partial charge in [0.2, 0.25) is 9.84 Å². The minimum Gasteiger partial charge on any atom is -0.457 e. The summed E-state index contributed by atoms with van der Waals surface area (Å²) in [6.45, 7) is 6.21. The molecule has 134 valence electrons. The van der Waals surface area contributed by atoms with Gasteiger partial charge in [0.25, 0.3) is 0 Å². The van der Waals surface area contributed by atoms with Gasteiger partial charge >= 0.3 is 0 Å². The van der Waals surface area contributed by atoms with Crippen LogP contribution in [-0.4, -0.2) is 8.42 Å². The lowest BCUT2D eigenvalue weighted by atomic mass is 10.0. The highest BCUT2D eigenvalue weighted by atomic mass is 32.2. The Kier molecular flexibility index (Phi) is 5.14. The van der Waals surface area contributed by atoms with Gasteiger partial charge in [0, 0.05) is 0 Å². The fraction of sp³-hybridized carbons (Fsp3) is 0.182. The number of sulfone groups is 1. The van der Waals surface area contributed by atoms with Crippen LogP contribution < -0.4 is 4.74 Å². The first-order chi connectivity index (χ1) is 12.4. The van der Waals surface area contributed by atoms with Crippen molar-refractivity contribution in [2.45, 2.75) is 36.5 Å². The first-order valence-electron chi connectivity index (χ1n) is 8.56. The summed E-state index contributed by atoms with van der Waals surface area (Å²) >= 11 is 0. The zero-order chi connectivity index (χ0) is 18.7. The predicted octanol–water partition coefficient (Wildman–Crippen LogP) is 5.74. The van der Waals surface area contributed by atoms with Gasteiger partial charge in [-0.25, -0.2) is 8.42 Å². The number of ether oxygens (including phenoxy) is 1. The van der Waals surface area contributed by atoms with Crippen molar-refractivity contribution >= 4 is 9.84 Å². The second kappa shape index (κ2) is 7.34. The summed E-state index contributed by atoms with van der Waals surface area (Å²) in [4.78, 5) is 0.546. The molecule has 0 spiro atoms.